The number of carbonyl (C=O) groups is 1. The summed E-state index contributed by atoms with van der Waals surface area (Å²) in [6.45, 7) is 4.11. The van der Waals surface area contributed by atoms with Crippen molar-refractivity contribution in [2.45, 2.75) is 26.7 Å². The number of benzene rings is 2. The summed E-state index contributed by atoms with van der Waals surface area (Å²) >= 11 is 0. The molecule has 0 heterocycles. The van der Waals surface area contributed by atoms with Gasteiger partial charge < -0.3 is 0 Å². The second-order valence-corrected chi connectivity index (χ2v) is 4.93. The van der Waals surface area contributed by atoms with Crippen molar-refractivity contribution >= 4 is 5.78 Å². The van der Waals surface area contributed by atoms with Crippen LogP contribution in [0, 0.1) is 19.7 Å². The second-order valence-electron chi connectivity index (χ2n) is 4.93. The molecule has 2 aromatic carbocycles. The maximum atomic E-state index is 12.8. The van der Waals surface area contributed by atoms with Crippen LogP contribution in [0.1, 0.15) is 33.5 Å². The number of aryl methyl sites for hydroxylation is 3. The minimum Gasteiger partial charge on any atom is -0.294 e. The first kappa shape index (κ1) is 13.5. The van der Waals surface area contributed by atoms with Gasteiger partial charge in [-0.2, -0.15) is 0 Å². The summed E-state index contributed by atoms with van der Waals surface area (Å²) in [6, 6.07) is 12.0. The van der Waals surface area contributed by atoms with Gasteiger partial charge >= 0.3 is 0 Å². The van der Waals surface area contributed by atoms with Crippen molar-refractivity contribution in [3.05, 3.63) is 70.5 Å². The van der Waals surface area contributed by atoms with Gasteiger partial charge in [-0.1, -0.05) is 29.3 Å². The zero-order valence-corrected chi connectivity index (χ0v) is 11.2. The molecule has 0 radical (unpaired) electrons. The van der Waals surface area contributed by atoms with Gasteiger partial charge in [-0.05, 0) is 50.1 Å². The highest BCUT2D eigenvalue weighted by Gasteiger charge is 2.06. The molecular formula is C17H17FO. The van der Waals surface area contributed by atoms with Crippen molar-refractivity contribution in [3.8, 4) is 0 Å². The fourth-order valence-electron chi connectivity index (χ4n) is 2.25. The topological polar surface area (TPSA) is 17.1 Å². The summed E-state index contributed by atoms with van der Waals surface area (Å²) in [5.41, 5.74) is 4.17. The summed E-state index contributed by atoms with van der Waals surface area (Å²) in [5.74, 6) is -0.259. The lowest BCUT2D eigenvalue weighted by Gasteiger charge is -2.05. The Hall–Kier alpha value is -1.96. The summed E-state index contributed by atoms with van der Waals surface area (Å²) in [7, 11) is 0. The number of halogens is 1. The molecule has 0 atom stereocenters. The molecule has 0 bridgehead atoms. The SMILES string of the molecule is Cc1cc(C)cc(CCC(=O)c2ccc(F)cc2)c1. The van der Waals surface area contributed by atoms with Crippen LogP contribution < -0.4 is 0 Å². The normalized spacial score (nSPS) is 10.5. The molecule has 2 aromatic rings. The molecule has 0 aliphatic heterocycles. The average molecular weight is 256 g/mol. The fourth-order valence-corrected chi connectivity index (χ4v) is 2.25. The smallest absolute Gasteiger partial charge is 0.163 e. The van der Waals surface area contributed by atoms with Crippen LogP contribution in [-0.2, 0) is 6.42 Å². The summed E-state index contributed by atoms with van der Waals surface area (Å²) in [5, 5.41) is 0. The number of carbonyl (C=O) groups excluding carboxylic acids is 1. The van der Waals surface area contributed by atoms with Crippen LogP contribution in [0.2, 0.25) is 0 Å². The van der Waals surface area contributed by atoms with Crippen LogP contribution in [0.5, 0.6) is 0 Å². The third kappa shape index (κ3) is 3.75. The van der Waals surface area contributed by atoms with E-state index in [1.165, 1.54) is 28.8 Å². The van der Waals surface area contributed by atoms with Crippen LogP contribution in [0.25, 0.3) is 0 Å². The Morgan fingerprint density at radius 2 is 1.58 bits per heavy atom. The molecule has 0 N–H and O–H groups in total. The molecule has 2 rings (SSSR count). The van der Waals surface area contributed by atoms with Crippen molar-refractivity contribution in [1.29, 1.82) is 0 Å². The monoisotopic (exact) mass is 256 g/mol. The molecule has 0 aliphatic rings. The number of ketones is 1. The van der Waals surface area contributed by atoms with Crippen LogP contribution in [0.15, 0.2) is 42.5 Å². The van der Waals surface area contributed by atoms with E-state index in [9.17, 15) is 9.18 Å². The Balaban J connectivity index is 2.02. The molecule has 98 valence electrons. The lowest BCUT2D eigenvalue weighted by atomic mass is 10.00. The molecule has 0 unspecified atom stereocenters. The minimum atomic E-state index is -0.314. The molecule has 0 saturated carbocycles. The van der Waals surface area contributed by atoms with Crippen molar-refractivity contribution in [1.82, 2.24) is 0 Å². The van der Waals surface area contributed by atoms with Gasteiger partial charge in [-0.15, -0.1) is 0 Å². The molecule has 0 amide bonds. The van der Waals surface area contributed by atoms with E-state index in [2.05, 4.69) is 32.0 Å². The van der Waals surface area contributed by atoms with Crippen molar-refractivity contribution < 1.29 is 9.18 Å². The first-order valence-corrected chi connectivity index (χ1v) is 6.40. The third-order valence-electron chi connectivity index (χ3n) is 3.09. The largest absolute Gasteiger partial charge is 0.294 e. The Bertz CT molecular complexity index is 564. The second kappa shape index (κ2) is 5.79. The average Bonchev–Trinajstić information content (AvgIpc) is 2.36. The summed E-state index contributed by atoms with van der Waals surface area (Å²) in [4.78, 5) is 12.0. The first-order valence-electron chi connectivity index (χ1n) is 6.40. The van der Waals surface area contributed by atoms with Gasteiger partial charge in [0.25, 0.3) is 0 Å². The highest BCUT2D eigenvalue weighted by atomic mass is 19.1. The van der Waals surface area contributed by atoms with Gasteiger partial charge in [0.2, 0.25) is 0 Å². The predicted octanol–water partition coefficient (Wildman–Crippen LogP) is 4.26. The Morgan fingerprint density at radius 3 is 2.16 bits per heavy atom. The summed E-state index contributed by atoms with van der Waals surface area (Å²) < 4.78 is 12.8. The number of rotatable bonds is 4. The zero-order chi connectivity index (χ0) is 13.8. The molecule has 19 heavy (non-hydrogen) atoms. The minimum absolute atomic E-state index is 0.0548. The van der Waals surface area contributed by atoms with Gasteiger partial charge in [0.15, 0.2) is 5.78 Å². The maximum absolute atomic E-state index is 12.8. The van der Waals surface area contributed by atoms with Gasteiger partial charge in [0, 0.05) is 12.0 Å². The van der Waals surface area contributed by atoms with E-state index >= 15 is 0 Å². The van der Waals surface area contributed by atoms with Crippen molar-refractivity contribution in [2.24, 2.45) is 0 Å². The molecule has 0 aliphatic carbocycles. The van der Waals surface area contributed by atoms with E-state index in [0.717, 1.165) is 6.42 Å². The van der Waals surface area contributed by atoms with Gasteiger partial charge in [-0.3, -0.25) is 4.79 Å². The Labute approximate surface area is 113 Å². The molecule has 0 fully saturated rings. The molecule has 0 aromatic heterocycles. The Morgan fingerprint density at radius 1 is 1.00 bits per heavy atom. The third-order valence-corrected chi connectivity index (χ3v) is 3.09. The quantitative estimate of drug-likeness (QED) is 0.747. The van der Waals surface area contributed by atoms with E-state index < -0.39 is 0 Å². The van der Waals surface area contributed by atoms with Crippen molar-refractivity contribution in [3.63, 3.8) is 0 Å². The van der Waals surface area contributed by atoms with Crippen LogP contribution in [0.3, 0.4) is 0 Å². The van der Waals surface area contributed by atoms with E-state index in [0.29, 0.717) is 12.0 Å². The molecule has 0 saturated heterocycles. The molecular weight excluding hydrogens is 239 g/mol. The lowest BCUT2D eigenvalue weighted by Crippen LogP contribution is -2.01. The zero-order valence-electron chi connectivity index (χ0n) is 11.2. The van der Waals surface area contributed by atoms with Crippen LogP contribution >= 0.6 is 0 Å². The number of Topliss-reactive ketones (excluding diaryl/α,β-unsaturated/α-hetero) is 1. The van der Waals surface area contributed by atoms with Crippen LogP contribution in [-0.4, -0.2) is 5.78 Å². The highest BCUT2D eigenvalue weighted by Crippen LogP contribution is 2.13. The van der Waals surface area contributed by atoms with E-state index in [-0.39, 0.29) is 11.6 Å². The Kier molecular flexibility index (Phi) is 4.10. The number of hydrogen-bond donors (Lipinski definition) is 0. The van der Waals surface area contributed by atoms with Gasteiger partial charge in [0.05, 0.1) is 0 Å². The maximum Gasteiger partial charge on any atom is 0.163 e. The molecule has 0 spiro atoms. The highest BCUT2D eigenvalue weighted by molar-refractivity contribution is 5.96. The van der Waals surface area contributed by atoms with E-state index in [1.54, 1.807) is 12.1 Å². The van der Waals surface area contributed by atoms with E-state index in [4.69, 9.17) is 0 Å². The predicted molar refractivity (Wildman–Crippen MR) is 75.0 cm³/mol. The fraction of sp³-hybridized carbons (Fsp3) is 0.235. The van der Waals surface area contributed by atoms with E-state index in [1.807, 2.05) is 0 Å². The van der Waals surface area contributed by atoms with Gasteiger partial charge in [-0.25, -0.2) is 4.39 Å². The van der Waals surface area contributed by atoms with Crippen molar-refractivity contribution in [2.75, 3.05) is 0 Å². The standard InChI is InChI=1S/C17H17FO/c1-12-9-13(2)11-14(10-12)3-8-17(19)15-4-6-16(18)7-5-15/h4-7,9-11H,3,8H2,1-2H3. The van der Waals surface area contributed by atoms with Gasteiger partial charge in [0.1, 0.15) is 5.82 Å². The lowest BCUT2D eigenvalue weighted by molar-refractivity contribution is 0.0983. The van der Waals surface area contributed by atoms with Crippen LogP contribution in [0.4, 0.5) is 4.39 Å². The molecule has 2 heteroatoms. The summed E-state index contributed by atoms with van der Waals surface area (Å²) in [6.07, 6.45) is 1.17. The number of hydrogen-bond acceptors (Lipinski definition) is 1. The first-order chi connectivity index (χ1) is 9.04. The molecule has 1 nitrogen and oxygen atoms in total.